The molecule has 1 nitrogen and oxygen atoms in total. The van der Waals surface area contributed by atoms with Crippen LogP contribution in [0.4, 0.5) is 0 Å². The molecule has 3 aromatic rings. The number of benzene rings is 2. The maximum absolute atomic E-state index is 6.18. The van der Waals surface area contributed by atoms with Gasteiger partial charge < -0.3 is 4.42 Å². The van der Waals surface area contributed by atoms with Gasteiger partial charge in [0.1, 0.15) is 5.58 Å². The van der Waals surface area contributed by atoms with Gasteiger partial charge in [-0.05, 0) is 12.1 Å². The molecule has 6 heteroatoms. The third kappa shape index (κ3) is 1.77. The summed E-state index contributed by atoms with van der Waals surface area (Å²) in [6.07, 6.45) is 0. The Balaban J connectivity index is 2.61. The van der Waals surface area contributed by atoms with Crippen molar-refractivity contribution in [1.82, 2.24) is 0 Å². The molecule has 0 fully saturated rings. The van der Waals surface area contributed by atoms with Crippen molar-refractivity contribution in [3.8, 4) is 0 Å². The van der Waals surface area contributed by atoms with Crippen LogP contribution >= 0.6 is 58.0 Å². The summed E-state index contributed by atoms with van der Waals surface area (Å²) in [6.45, 7) is 0. The predicted molar refractivity (Wildman–Crippen MR) is 78.8 cm³/mol. The summed E-state index contributed by atoms with van der Waals surface area (Å²) in [5.74, 6) is 0. The van der Waals surface area contributed by atoms with Crippen LogP contribution < -0.4 is 0 Å². The first-order valence-electron chi connectivity index (χ1n) is 4.84. The van der Waals surface area contributed by atoms with E-state index in [1.807, 2.05) is 0 Å². The van der Waals surface area contributed by atoms with E-state index in [9.17, 15) is 0 Å². The molecule has 18 heavy (non-hydrogen) atoms. The first-order valence-corrected chi connectivity index (χ1v) is 6.73. The Bertz CT molecular complexity index is 790. The van der Waals surface area contributed by atoms with E-state index in [4.69, 9.17) is 62.4 Å². The van der Waals surface area contributed by atoms with Crippen molar-refractivity contribution in [1.29, 1.82) is 0 Å². The Hall–Kier alpha value is -0.310. The number of rotatable bonds is 0. The van der Waals surface area contributed by atoms with E-state index in [-0.39, 0.29) is 0 Å². The van der Waals surface area contributed by atoms with Crippen LogP contribution in [0.5, 0.6) is 0 Å². The average Bonchev–Trinajstić information content (AvgIpc) is 2.66. The van der Waals surface area contributed by atoms with Crippen LogP contribution in [-0.4, -0.2) is 0 Å². The molecule has 92 valence electrons. The summed E-state index contributed by atoms with van der Waals surface area (Å²) in [5, 5.41) is 3.33. The fourth-order valence-electron chi connectivity index (χ4n) is 1.84. The molecule has 1 aromatic heterocycles. The zero-order valence-electron chi connectivity index (χ0n) is 8.53. The third-order valence-electron chi connectivity index (χ3n) is 2.63. The molecule has 0 unspecified atom stereocenters. The van der Waals surface area contributed by atoms with Gasteiger partial charge in [0, 0.05) is 16.8 Å². The Labute approximate surface area is 127 Å². The van der Waals surface area contributed by atoms with Crippen molar-refractivity contribution in [2.24, 2.45) is 0 Å². The number of hydrogen-bond donors (Lipinski definition) is 0. The SMILES string of the molecule is Clc1cc2oc3c(Cl)cc(Cl)c(Cl)c3c2cc1Cl. The van der Waals surface area contributed by atoms with Crippen molar-refractivity contribution in [2.45, 2.75) is 0 Å². The van der Waals surface area contributed by atoms with Crippen molar-refractivity contribution < 1.29 is 4.42 Å². The van der Waals surface area contributed by atoms with Crippen LogP contribution in [0, 0.1) is 0 Å². The van der Waals surface area contributed by atoms with Crippen LogP contribution in [0.3, 0.4) is 0 Å². The molecule has 0 aliphatic rings. The first kappa shape index (κ1) is 12.7. The monoisotopic (exact) mass is 338 g/mol. The second kappa shape index (κ2) is 4.36. The summed E-state index contributed by atoms with van der Waals surface area (Å²) >= 11 is 30.2. The lowest BCUT2D eigenvalue weighted by molar-refractivity contribution is 0.669. The van der Waals surface area contributed by atoms with Gasteiger partial charge >= 0.3 is 0 Å². The molecule has 0 aliphatic heterocycles. The van der Waals surface area contributed by atoms with Crippen LogP contribution in [0.1, 0.15) is 0 Å². The van der Waals surface area contributed by atoms with E-state index in [1.165, 1.54) is 0 Å². The molecular formula is C12H3Cl5O. The highest BCUT2D eigenvalue weighted by molar-refractivity contribution is 6.49. The molecule has 0 atom stereocenters. The van der Waals surface area contributed by atoms with Gasteiger partial charge in [0.25, 0.3) is 0 Å². The summed E-state index contributed by atoms with van der Waals surface area (Å²) < 4.78 is 5.64. The maximum Gasteiger partial charge on any atom is 0.155 e. The minimum absolute atomic E-state index is 0.364. The lowest BCUT2D eigenvalue weighted by Crippen LogP contribution is -1.74. The highest BCUT2D eigenvalue weighted by Crippen LogP contribution is 2.43. The smallest absolute Gasteiger partial charge is 0.155 e. The van der Waals surface area contributed by atoms with Gasteiger partial charge in [0.05, 0.1) is 25.1 Å². The fourth-order valence-corrected chi connectivity index (χ4v) is 2.90. The summed E-state index contributed by atoms with van der Waals surface area (Å²) in [7, 11) is 0. The molecule has 0 aliphatic carbocycles. The molecule has 0 amide bonds. The number of fused-ring (bicyclic) bond motifs is 3. The highest BCUT2D eigenvalue weighted by Gasteiger charge is 2.17. The van der Waals surface area contributed by atoms with Gasteiger partial charge in [-0.2, -0.15) is 0 Å². The Morgan fingerprint density at radius 2 is 1.39 bits per heavy atom. The van der Waals surface area contributed by atoms with Gasteiger partial charge in [-0.3, -0.25) is 0 Å². The van der Waals surface area contributed by atoms with Crippen molar-refractivity contribution >= 4 is 79.9 Å². The van der Waals surface area contributed by atoms with Crippen molar-refractivity contribution in [2.75, 3.05) is 0 Å². The Morgan fingerprint density at radius 3 is 2.11 bits per heavy atom. The minimum Gasteiger partial charge on any atom is -0.454 e. The highest BCUT2D eigenvalue weighted by atomic mass is 35.5. The zero-order chi connectivity index (χ0) is 13.0. The van der Waals surface area contributed by atoms with E-state index in [0.29, 0.717) is 41.7 Å². The van der Waals surface area contributed by atoms with Gasteiger partial charge in [0.2, 0.25) is 0 Å². The predicted octanol–water partition coefficient (Wildman–Crippen LogP) is 6.85. The van der Waals surface area contributed by atoms with Gasteiger partial charge in [-0.1, -0.05) is 58.0 Å². The molecule has 0 N–H and O–H groups in total. The normalized spacial score (nSPS) is 11.6. The van der Waals surface area contributed by atoms with Crippen LogP contribution in [0.15, 0.2) is 22.6 Å². The maximum atomic E-state index is 6.18. The van der Waals surface area contributed by atoms with E-state index >= 15 is 0 Å². The third-order valence-corrected chi connectivity index (χ3v) is 4.42. The standard InChI is InChI=1S/C12H3Cl5O/c13-5-1-4-9(3-6(5)14)18-12-8(16)2-7(15)11(17)10(4)12/h1-3H. The quantitative estimate of drug-likeness (QED) is 0.408. The lowest BCUT2D eigenvalue weighted by Gasteiger charge is -1.99. The van der Waals surface area contributed by atoms with Crippen molar-refractivity contribution in [3.05, 3.63) is 43.3 Å². The molecule has 0 spiro atoms. The number of halogens is 5. The van der Waals surface area contributed by atoms with Crippen molar-refractivity contribution in [3.63, 3.8) is 0 Å². The first-order chi connectivity index (χ1) is 8.49. The topological polar surface area (TPSA) is 13.1 Å². The van der Waals surface area contributed by atoms with E-state index < -0.39 is 0 Å². The number of hydrogen-bond acceptors (Lipinski definition) is 1. The fraction of sp³-hybridized carbons (Fsp3) is 0. The lowest BCUT2D eigenvalue weighted by atomic mass is 10.1. The molecule has 0 saturated carbocycles. The number of furan rings is 1. The van der Waals surface area contributed by atoms with E-state index in [2.05, 4.69) is 0 Å². The molecule has 1 heterocycles. The van der Waals surface area contributed by atoms with E-state index in [1.54, 1.807) is 18.2 Å². The van der Waals surface area contributed by atoms with E-state index in [0.717, 1.165) is 5.39 Å². The minimum atomic E-state index is 0.364. The van der Waals surface area contributed by atoms with Crippen LogP contribution in [-0.2, 0) is 0 Å². The summed E-state index contributed by atoms with van der Waals surface area (Å²) in [5.41, 5.74) is 1.03. The largest absolute Gasteiger partial charge is 0.454 e. The van der Waals surface area contributed by atoms with Crippen LogP contribution in [0.25, 0.3) is 21.9 Å². The molecule has 3 rings (SSSR count). The summed E-state index contributed by atoms with van der Waals surface area (Å²) in [6, 6.07) is 4.85. The van der Waals surface area contributed by atoms with Crippen LogP contribution in [0.2, 0.25) is 25.1 Å². The molecule has 0 saturated heterocycles. The second-order valence-corrected chi connectivity index (χ2v) is 5.73. The van der Waals surface area contributed by atoms with Gasteiger partial charge in [-0.15, -0.1) is 0 Å². The van der Waals surface area contributed by atoms with Gasteiger partial charge in [-0.25, -0.2) is 0 Å². The average molecular weight is 340 g/mol. The Morgan fingerprint density at radius 1 is 0.722 bits per heavy atom. The zero-order valence-corrected chi connectivity index (χ0v) is 12.3. The molecule has 0 radical (unpaired) electrons. The summed E-state index contributed by atoms with van der Waals surface area (Å²) in [4.78, 5) is 0. The van der Waals surface area contributed by atoms with Gasteiger partial charge in [0.15, 0.2) is 5.58 Å². The Kier molecular flexibility index (Phi) is 3.08. The molecular weight excluding hydrogens is 337 g/mol. The molecule has 0 bridgehead atoms. The second-order valence-electron chi connectivity index (χ2n) is 3.72. The molecule has 2 aromatic carbocycles.